The summed E-state index contributed by atoms with van der Waals surface area (Å²) in [6, 6.07) is 6.28. The zero-order valence-corrected chi connectivity index (χ0v) is 11.7. The molecule has 0 aliphatic rings. The van der Waals surface area contributed by atoms with Crippen LogP contribution in [0.3, 0.4) is 0 Å². The average Bonchev–Trinajstić information content (AvgIpc) is 2.62. The summed E-state index contributed by atoms with van der Waals surface area (Å²) >= 11 is 0. The van der Waals surface area contributed by atoms with Crippen molar-refractivity contribution in [2.24, 2.45) is 0 Å². The quantitative estimate of drug-likeness (QED) is 0.840. The van der Waals surface area contributed by atoms with E-state index >= 15 is 0 Å². The first-order valence-electron chi connectivity index (χ1n) is 6.55. The SMILES string of the molecule is Cc1nc2ccc(CCCNC(C)(C)C)cc2o1. The van der Waals surface area contributed by atoms with Crippen molar-refractivity contribution >= 4 is 11.1 Å². The smallest absolute Gasteiger partial charge is 0.192 e. The molecule has 0 fully saturated rings. The molecule has 0 aliphatic carbocycles. The second-order valence-electron chi connectivity index (χ2n) is 5.82. The highest BCUT2D eigenvalue weighted by Crippen LogP contribution is 2.17. The maximum atomic E-state index is 5.54. The summed E-state index contributed by atoms with van der Waals surface area (Å²) in [4.78, 5) is 4.30. The van der Waals surface area contributed by atoms with Crippen LogP contribution in [0, 0.1) is 6.92 Å². The Balaban J connectivity index is 1.91. The van der Waals surface area contributed by atoms with Crippen molar-refractivity contribution in [3.8, 4) is 0 Å². The lowest BCUT2D eigenvalue weighted by Gasteiger charge is -2.20. The van der Waals surface area contributed by atoms with Crippen LogP contribution >= 0.6 is 0 Å². The molecule has 98 valence electrons. The lowest BCUT2D eigenvalue weighted by atomic mass is 10.1. The maximum Gasteiger partial charge on any atom is 0.192 e. The zero-order valence-electron chi connectivity index (χ0n) is 11.7. The lowest BCUT2D eigenvalue weighted by molar-refractivity contribution is 0.422. The first-order chi connectivity index (χ1) is 8.44. The van der Waals surface area contributed by atoms with E-state index in [2.05, 4.69) is 43.2 Å². The van der Waals surface area contributed by atoms with Crippen molar-refractivity contribution < 1.29 is 4.42 Å². The van der Waals surface area contributed by atoms with E-state index in [0.29, 0.717) is 0 Å². The molecule has 0 aliphatic heterocycles. The van der Waals surface area contributed by atoms with Gasteiger partial charge in [0, 0.05) is 12.5 Å². The number of rotatable bonds is 4. The van der Waals surface area contributed by atoms with E-state index in [1.807, 2.05) is 13.0 Å². The molecule has 2 rings (SSSR count). The molecule has 1 aromatic heterocycles. The van der Waals surface area contributed by atoms with Gasteiger partial charge in [-0.25, -0.2) is 4.98 Å². The van der Waals surface area contributed by atoms with E-state index in [1.165, 1.54) is 5.56 Å². The molecule has 0 bridgehead atoms. The molecule has 0 unspecified atom stereocenters. The van der Waals surface area contributed by atoms with Crippen molar-refractivity contribution in [1.82, 2.24) is 10.3 Å². The second kappa shape index (κ2) is 5.11. The number of nitrogens with one attached hydrogen (secondary N) is 1. The molecule has 0 saturated carbocycles. The molecule has 1 heterocycles. The Labute approximate surface area is 109 Å². The van der Waals surface area contributed by atoms with Crippen molar-refractivity contribution in [2.75, 3.05) is 6.54 Å². The Morgan fingerprint density at radius 1 is 1.28 bits per heavy atom. The first kappa shape index (κ1) is 13.1. The van der Waals surface area contributed by atoms with Gasteiger partial charge in [-0.1, -0.05) is 6.07 Å². The largest absolute Gasteiger partial charge is 0.441 e. The first-order valence-corrected chi connectivity index (χ1v) is 6.55. The van der Waals surface area contributed by atoms with E-state index in [9.17, 15) is 0 Å². The molecule has 3 nitrogen and oxygen atoms in total. The Hall–Kier alpha value is -1.35. The molecular weight excluding hydrogens is 224 g/mol. The summed E-state index contributed by atoms with van der Waals surface area (Å²) in [7, 11) is 0. The van der Waals surface area contributed by atoms with Gasteiger partial charge in [0.25, 0.3) is 0 Å². The van der Waals surface area contributed by atoms with Gasteiger partial charge in [-0.3, -0.25) is 0 Å². The van der Waals surface area contributed by atoms with Crippen LogP contribution in [0.4, 0.5) is 0 Å². The highest BCUT2D eigenvalue weighted by atomic mass is 16.3. The molecule has 3 heteroatoms. The molecule has 0 radical (unpaired) electrons. The molecule has 0 saturated heterocycles. The van der Waals surface area contributed by atoms with Gasteiger partial charge < -0.3 is 9.73 Å². The van der Waals surface area contributed by atoms with Crippen LogP contribution in [0.15, 0.2) is 22.6 Å². The lowest BCUT2D eigenvalue weighted by Crippen LogP contribution is -2.36. The highest BCUT2D eigenvalue weighted by molar-refractivity contribution is 5.73. The Morgan fingerprint density at radius 3 is 2.78 bits per heavy atom. The minimum atomic E-state index is 0.200. The van der Waals surface area contributed by atoms with Crippen LogP contribution in [-0.4, -0.2) is 17.1 Å². The van der Waals surface area contributed by atoms with Crippen LogP contribution in [-0.2, 0) is 6.42 Å². The summed E-state index contributed by atoms with van der Waals surface area (Å²) in [5.41, 5.74) is 3.36. The topological polar surface area (TPSA) is 38.1 Å². The van der Waals surface area contributed by atoms with Gasteiger partial charge in [-0.15, -0.1) is 0 Å². The summed E-state index contributed by atoms with van der Waals surface area (Å²) in [5.74, 6) is 0.733. The van der Waals surface area contributed by atoms with E-state index in [1.54, 1.807) is 0 Å². The average molecular weight is 246 g/mol. The monoisotopic (exact) mass is 246 g/mol. The molecule has 1 aromatic carbocycles. The predicted molar refractivity (Wildman–Crippen MR) is 74.8 cm³/mol. The van der Waals surface area contributed by atoms with Crippen LogP contribution in [0.25, 0.3) is 11.1 Å². The fourth-order valence-corrected chi connectivity index (χ4v) is 2.00. The number of aromatic nitrogens is 1. The van der Waals surface area contributed by atoms with E-state index < -0.39 is 0 Å². The molecule has 0 atom stereocenters. The molecule has 18 heavy (non-hydrogen) atoms. The van der Waals surface area contributed by atoms with E-state index in [4.69, 9.17) is 4.42 Å². The van der Waals surface area contributed by atoms with Gasteiger partial charge in [0.1, 0.15) is 5.52 Å². The summed E-state index contributed by atoms with van der Waals surface area (Å²) in [5, 5.41) is 3.50. The Bertz CT molecular complexity index is 523. The van der Waals surface area contributed by atoms with Gasteiger partial charge in [-0.2, -0.15) is 0 Å². The van der Waals surface area contributed by atoms with Crippen LogP contribution in [0.1, 0.15) is 38.6 Å². The Kier molecular flexibility index (Phi) is 3.71. The van der Waals surface area contributed by atoms with Crippen LogP contribution < -0.4 is 5.32 Å². The van der Waals surface area contributed by atoms with Crippen molar-refractivity contribution in [1.29, 1.82) is 0 Å². The molecule has 0 spiro atoms. The van der Waals surface area contributed by atoms with Gasteiger partial charge in [0.15, 0.2) is 11.5 Å². The summed E-state index contributed by atoms with van der Waals surface area (Å²) in [6.07, 6.45) is 2.20. The number of hydrogen-bond donors (Lipinski definition) is 1. The van der Waals surface area contributed by atoms with Crippen molar-refractivity contribution in [3.63, 3.8) is 0 Å². The highest BCUT2D eigenvalue weighted by Gasteiger charge is 2.07. The van der Waals surface area contributed by atoms with Crippen molar-refractivity contribution in [2.45, 2.75) is 46.1 Å². The predicted octanol–water partition coefficient (Wildman–Crippen LogP) is 3.46. The number of nitrogens with zero attached hydrogens (tertiary/aromatic N) is 1. The fourth-order valence-electron chi connectivity index (χ4n) is 2.00. The second-order valence-corrected chi connectivity index (χ2v) is 5.82. The van der Waals surface area contributed by atoms with Gasteiger partial charge in [-0.05, 0) is 57.9 Å². The molecule has 0 amide bonds. The molecular formula is C15H22N2O. The number of benzene rings is 1. The standard InChI is InChI=1S/C15H22N2O/c1-11-17-13-8-7-12(10-14(13)18-11)6-5-9-16-15(2,3)4/h7-8,10,16H,5-6,9H2,1-4H3. The van der Waals surface area contributed by atoms with Crippen molar-refractivity contribution in [3.05, 3.63) is 29.7 Å². The third kappa shape index (κ3) is 3.57. The van der Waals surface area contributed by atoms with E-state index in [-0.39, 0.29) is 5.54 Å². The summed E-state index contributed by atoms with van der Waals surface area (Å²) in [6.45, 7) is 9.49. The summed E-state index contributed by atoms with van der Waals surface area (Å²) < 4.78 is 5.54. The number of oxazole rings is 1. The molecule has 2 aromatic rings. The van der Waals surface area contributed by atoms with Gasteiger partial charge in [0.05, 0.1) is 0 Å². The van der Waals surface area contributed by atoms with Gasteiger partial charge >= 0.3 is 0 Å². The minimum Gasteiger partial charge on any atom is -0.441 e. The minimum absolute atomic E-state index is 0.200. The number of aryl methyl sites for hydroxylation is 2. The zero-order chi connectivity index (χ0) is 13.2. The maximum absolute atomic E-state index is 5.54. The third-order valence-electron chi connectivity index (χ3n) is 2.86. The van der Waals surface area contributed by atoms with Crippen LogP contribution in [0.2, 0.25) is 0 Å². The number of fused-ring (bicyclic) bond motifs is 1. The van der Waals surface area contributed by atoms with E-state index in [0.717, 1.165) is 36.4 Å². The molecule has 1 N–H and O–H groups in total. The van der Waals surface area contributed by atoms with Gasteiger partial charge in [0.2, 0.25) is 0 Å². The fraction of sp³-hybridized carbons (Fsp3) is 0.533. The Morgan fingerprint density at radius 2 is 2.06 bits per heavy atom. The number of hydrogen-bond acceptors (Lipinski definition) is 3. The normalized spacial score (nSPS) is 12.2. The van der Waals surface area contributed by atoms with Crippen LogP contribution in [0.5, 0.6) is 0 Å². The third-order valence-corrected chi connectivity index (χ3v) is 2.86.